The van der Waals surface area contributed by atoms with Crippen LogP contribution in [0.3, 0.4) is 0 Å². The normalized spacial score (nSPS) is 17.9. The van der Waals surface area contributed by atoms with Gasteiger partial charge in [0, 0.05) is 19.1 Å². The molecule has 1 fully saturated rings. The van der Waals surface area contributed by atoms with Crippen LogP contribution in [0, 0.1) is 10.1 Å². The average molecular weight is 304 g/mol. The number of nitrogens with two attached hydrogens (primary N) is 1. The largest absolute Gasteiger partial charge is 0.335 e. The van der Waals surface area contributed by atoms with Crippen LogP contribution in [0.4, 0.5) is 5.69 Å². The van der Waals surface area contributed by atoms with E-state index in [4.69, 9.17) is 5.73 Å². The molecule has 0 bridgehead atoms. The van der Waals surface area contributed by atoms with E-state index in [0.717, 1.165) is 6.42 Å². The molecule has 1 amide bonds. The summed E-state index contributed by atoms with van der Waals surface area (Å²) in [5.74, 6) is -0.418. The topological polar surface area (TPSA) is 118 Å². The van der Waals surface area contributed by atoms with E-state index in [2.05, 4.69) is 10.2 Å². The number of aryl methyl sites for hydroxylation is 1. The van der Waals surface area contributed by atoms with Gasteiger partial charge >= 0.3 is 5.69 Å². The van der Waals surface area contributed by atoms with E-state index in [-0.39, 0.29) is 29.8 Å². The summed E-state index contributed by atoms with van der Waals surface area (Å²) in [6.45, 7) is 2.85. The molecule has 0 aromatic carbocycles. The Balaban J connectivity index is 0.00000200. The first-order chi connectivity index (χ1) is 9.04. The molecule has 3 N–H and O–H groups in total. The number of nitrogens with zero attached hydrogens (tertiary/aromatic N) is 3. The van der Waals surface area contributed by atoms with E-state index in [1.54, 1.807) is 0 Å². The lowest BCUT2D eigenvalue weighted by molar-refractivity contribution is -0.385. The van der Waals surface area contributed by atoms with Crippen molar-refractivity contribution in [3.05, 3.63) is 21.5 Å². The standard InChI is InChI=1S/C11H17N5O3.ClH/c1-2-3-8-10(16(18)19)9(14-13-8)11(17)15-5-4-7(12)6-15;/h7H,2-6,12H2,1H3,(H,13,14);1H/t7-;/m1./s1. The van der Waals surface area contributed by atoms with Crippen molar-refractivity contribution < 1.29 is 9.72 Å². The third-order valence-electron chi connectivity index (χ3n) is 3.21. The molecule has 1 aliphatic heterocycles. The van der Waals surface area contributed by atoms with Gasteiger partial charge in [0.25, 0.3) is 5.91 Å². The minimum Gasteiger partial charge on any atom is -0.335 e. The Morgan fingerprint density at radius 2 is 2.35 bits per heavy atom. The highest BCUT2D eigenvalue weighted by Crippen LogP contribution is 2.24. The molecule has 0 radical (unpaired) electrons. The Bertz CT molecular complexity index is 504. The number of nitrogens with one attached hydrogen (secondary N) is 1. The van der Waals surface area contributed by atoms with Crippen LogP contribution in [0.5, 0.6) is 0 Å². The van der Waals surface area contributed by atoms with Gasteiger partial charge in [0.05, 0.1) is 4.92 Å². The zero-order valence-corrected chi connectivity index (χ0v) is 12.0. The summed E-state index contributed by atoms with van der Waals surface area (Å²) < 4.78 is 0. The fraction of sp³-hybridized carbons (Fsp3) is 0.636. The van der Waals surface area contributed by atoms with Gasteiger partial charge in [0.15, 0.2) is 0 Å². The number of rotatable bonds is 4. The van der Waals surface area contributed by atoms with E-state index in [1.807, 2.05) is 6.92 Å². The summed E-state index contributed by atoms with van der Waals surface area (Å²) in [6, 6.07) is -0.0583. The highest BCUT2D eigenvalue weighted by Gasteiger charge is 2.34. The van der Waals surface area contributed by atoms with Crippen LogP contribution in [0.25, 0.3) is 0 Å². The maximum absolute atomic E-state index is 12.2. The predicted molar refractivity (Wildman–Crippen MR) is 75.0 cm³/mol. The molecule has 1 atom stereocenters. The Hall–Kier alpha value is -1.67. The van der Waals surface area contributed by atoms with E-state index >= 15 is 0 Å². The van der Waals surface area contributed by atoms with Crippen molar-refractivity contribution in [1.82, 2.24) is 15.1 Å². The van der Waals surface area contributed by atoms with Gasteiger partial charge in [0.1, 0.15) is 5.69 Å². The first-order valence-corrected chi connectivity index (χ1v) is 6.31. The second-order valence-electron chi connectivity index (χ2n) is 4.71. The van der Waals surface area contributed by atoms with Crippen LogP contribution in [0.15, 0.2) is 0 Å². The molecule has 1 saturated heterocycles. The molecule has 1 aliphatic rings. The predicted octanol–water partition coefficient (Wildman–Crippen LogP) is 0.865. The lowest BCUT2D eigenvalue weighted by Crippen LogP contribution is -2.32. The SMILES string of the molecule is CCCc1[nH]nc(C(=O)N2CC[C@@H](N)C2)c1[N+](=O)[O-].Cl. The van der Waals surface area contributed by atoms with Crippen molar-refractivity contribution in [2.45, 2.75) is 32.2 Å². The molecule has 0 unspecified atom stereocenters. The van der Waals surface area contributed by atoms with Crippen molar-refractivity contribution >= 4 is 24.0 Å². The van der Waals surface area contributed by atoms with Crippen molar-refractivity contribution in [1.29, 1.82) is 0 Å². The monoisotopic (exact) mass is 303 g/mol. The van der Waals surface area contributed by atoms with Gasteiger partial charge in [0.2, 0.25) is 5.69 Å². The van der Waals surface area contributed by atoms with Crippen LogP contribution >= 0.6 is 12.4 Å². The third kappa shape index (κ3) is 3.07. The molecule has 8 nitrogen and oxygen atoms in total. The highest BCUT2D eigenvalue weighted by molar-refractivity contribution is 5.96. The Morgan fingerprint density at radius 1 is 1.65 bits per heavy atom. The zero-order chi connectivity index (χ0) is 14.0. The smallest absolute Gasteiger partial charge is 0.322 e. The van der Waals surface area contributed by atoms with Gasteiger partial charge in [-0.1, -0.05) is 13.3 Å². The first-order valence-electron chi connectivity index (χ1n) is 6.31. The summed E-state index contributed by atoms with van der Waals surface area (Å²) in [5.41, 5.74) is 5.83. The maximum atomic E-state index is 12.2. The number of nitro groups is 1. The lowest BCUT2D eigenvalue weighted by atomic mass is 10.2. The molecular formula is C11H18ClN5O3. The molecule has 2 rings (SSSR count). The van der Waals surface area contributed by atoms with E-state index < -0.39 is 10.8 Å². The van der Waals surface area contributed by atoms with Gasteiger partial charge in [-0.05, 0) is 12.8 Å². The number of aromatic nitrogens is 2. The number of aromatic amines is 1. The molecule has 2 heterocycles. The van der Waals surface area contributed by atoms with Crippen molar-refractivity contribution in [3.63, 3.8) is 0 Å². The summed E-state index contributed by atoms with van der Waals surface area (Å²) >= 11 is 0. The number of carbonyl (C=O) groups excluding carboxylic acids is 1. The Kier molecular flexibility index (Phi) is 5.46. The lowest BCUT2D eigenvalue weighted by Gasteiger charge is -2.13. The molecule has 1 aromatic heterocycles. The van der Waals surface area contributed by atoms with Crippen molar-refractivity contribution in [2.75, 3.05) is 13.1 Å². The van der Waals surface area contributed by atoms with Crippen molar-refractivity contribution in [2.24, 2.45) is 5.73 Å². The molecule has 0 saturated carbocycles. The molecule has 9 heteroatoms. The van der Waals surface area contributed by atoms with Crippen LogP contribution in [0.2, 0.25) is 0 Å². The summed E-state index contributed by atoms with van der Waals surface area (Å²) in [6.07, 6.45) is 1.95. The minimum absolute atomic E-state index is 0. The third-order valence-corrected chi connectivity index (χ3v) is 3.21. The number of carbonyl (C=O) groups is 1. The molecule has 1 aromatic rings. The quantitative estimate of drug-likeness (QED) is 0.632. The summed E-state index contributed by atoms with van der Waals surface area (Å²) in [4.78, 5) is 24.3. The molecule has 20 heavy (non-hydrogen) atoms. The second-order valence-corrected chi connectivity index (χ2v) is 4.71. The van der Waals surface area contributed by atoms with Gasteiger partial charge in [-0.2, -0.15) is 5.10 Å². The Labute approximate surface area is 122 Å². The maximum Gasteiger partial charge on any atom is 0.322 e. The molecular weight excluding hydrogens is 286 g/mol. The fourth-order valence-corrected chi connectivity index (χ4v) is 2.26. The Morgan fingerprint density at radius 3 is 2.85 bits per heavy atom. The van der Waals surface area contributed by atoms with E-state index in [0.29, 0.717) is 31.6 Å². The minimum atomic E-state index is -0.544. The summed E-state index contributed by atoms with van der Waals surface area (Å²) in [7, 11) is 0. The average Bonchev–Trinajstić information content (AvgIpc) is 2.95. The summed E-state index contributed by atoms with van der Waals surface area (Å²) in [5, 5.41) is 17.5. The zero-order valence-electron chi connectivity index (χ0n) is 11.2. The molecule has 112 valence electrons. The van der Waals surface area contributed by atoms with Gasteiger partial charge in [-0.15, -0.1) is 12.4 Å². The molecule has 0 aliphatic carbocycles. The first kappa shape index (κ1) is 16.4. The number of likely N-dealkylation sites (tertiary alicyclic amines) is 1. The van der Waals surface area contributed by atoms with Crippen LogP contribution in [0.1, 0.15) is 35.9 Å². The molecule has 0 spiro atoms. The number of H-pyrrole nitrogens is 1. The van der Waals surface area contributed by atoms with E-state index in [9.17, 15) is 14.9 Å². The van der Waals surface area contributed by atoms with Gasteiger partial charge in [-0.25, -0.2) is 0 Å². The highest BCUT2D eigenvalue weighted by atomic mass is 35.5. The van der Waals surface area contributed by atoms with Crippen LogP contribution in [-0.2, 0) is 6.42 Å². The van der Waals surface area contributed by atoms with Gasteiger partial charge in [-0.3, -0.25) is 20.0 Å². The van der Waals surface area contributed by atoms with Crippen molar-refractivity contribution in [3.8, 4) is 0 Å². The van der Waals surface area contributed by atoms with Crippen LogP contribution in [-0.4, -0.2) is 45.1 Å². The van der Waals surface area contributed by atoms with Gasteiger partial charge < -0.3 is 10.6 Å². The number of hydrogen-bond donors (Lipinski definition) is 2. The van der Waals surface area contributed by atoms with E-state index in [1.165, 1.54) is 4.90 Å². The van der Waals surface area contributed by atoms with Crippen LogP contribution < -0.4 is 5.73 Å². The number of amides is 1. The number of halogens is 1. The number of hydrogen-bond acceptors (Lipinski definition) is 5. The fourth-order valence-electron chi connectivity index (χ4n) is 2.26. The second kappa shape index (κ2) is 6.67.